The molecule has 0 bridgehead atoms. The lowest BCUT2D eigenvalue weighted by Crippen LogP contribution is -2.26. The van der Waals surface area contributed by atoms with Crippen LogP contribution in [0.1, 0.15) is 53.4 Å². The van der Waals surface area contributed by atoms with Crippen molar-refractivity contribution in [2.45, 2.75) is 67.1 Å². The lowest BCUT2D eigenvalue weighted by molar-refractivity contribution is 0.307. The predicted octanol–water partition coefficient (Wildman–Crippen LogP) is 8.21. The number of benzene rings is 2. The van der Waals surface area contributed by atoms with Gasteiger partial charge >= 0.3 is 0 Å². The summed E-state index contributed by atoms with van der Waals surface area (Å²) in [7, 11) is -1.54. The number of aryl methyl sites for hydroxylation is 4. The standard InChI is InChI=1S/C30H39N3OSi/c1-21-13-9-14-22(2)29(21)31-25(5)26-17-11-18-27(32-26)28(19-12-20-34-35(6,7)8)33-30-23(3)15-10-16-24(30)4/h9-11,13-18H,12,19-20H2,1-8H3. The van der Waals surface area contributed by atoms with Gasteiger partial charge in [-0.3, -0.25) is 9.98 Å². The fraction of sp³-hybridized carbons (Fsp3) is 0.367. The van der Waals surface area contributed by atoms with Gasteiger partial charge in [0.15, 0.2) is 8.32 Å². The molecule has 3 rings (SSSR count). The summed E-state index contributed by atoms with van der Waals surface area (Å²) >= 11 is 0. The summed E-state index contributed by atoms with van der Waals surface area (Å²) in [5, 5.41) is 0. The molecular formula is C30H39N3OSi. The number of pyridine rings is 1. The maximum absolute atomic E-state index is 6.11. The third-order valence-corrected chi connectivity index (χ3v) is 6.98. The molecule has 0 aliphatic rings. The van der Waals surface area contributed by atoms with E-state index in [1.165, 1.54) is 22.3 Å². The second kappa shape index (κ2) is 11.7. The molecule has 1 heterocycles. The lowest BCUT2D eigenvalue weighted by atomic mass is 10.1. The molecule has 0 atom stereocenters. The van der Waals surface area contributed by atoms with Crippen molar-refractivity contribution in [1.29, 1.82) is 0 Å². The summed E-state index contributed by atoms with van der Waals surface area (Å²) in [5.74, 6) is 0. The van der Waals surface area contributed by atoms with E-state index in [4.69, 9.17) is 19.4 Å². The Bertz CT molecular complexity index is 1200. The molecule has 1 aromatic heterocycles. The molecule has 3 aromatic rings. The van der Waals surface area contributed by atoms with Crippen molar-refractivity contribution >= 4 is 31.1 Å². The third-order valence-electron chi connectivity index (χ3n) is 5.91. The molecule has 0 spiro atoms. The Morgan fingerprint density at radius 2 is 1.23 bits per heavy atom. The number of aromatic nitrogens is 1. The largest absolute Gasteiger partial charge is 0.418 e. The van der Waals surface area contributed by atoms with Crippen LogP contribution in [0.2, 0.25) is 19.6 Å². The van der Waals surface area contributed by atoms with E-state index in [-0.39, 0.29) is 0 Å². The highest BCUT2D eigenvalue weighted by atomic mass is 28.4. The van der Waals surface area contributed by atoms with E-state index in [1.54, 1.807) is 0 Å². The number of para-hydroxylation sites is 2. The predicted molar refractivity (Wildman–Crippen MR) is 153 cm³/mol. The van der Waals surface area contributed by atoms with Gasteiger partial charge in [-0.05, 0) is 101 Å². The van der Waals surface area contributed by atoms with Gasteiger partial charge in [0.2, 0.25) is 0 Å². The van der Waals surface area contributed by atoms with Gasteiger partial charge < -0.3 is 4.43 Å². The zero-order valence-electron chi connectivity index (χ0n) is 22.6. The van der Waals surface area contributed by atoms with E-state index in [2.05, 4.69) is 95.9 Å². The highest BCUT2D eigenvalue weighted by molar-refractivity contribution is 6.69. The normalized spacial score (nSPS) is 12.8. The van der Waals surface area contributed by atoms with Crippen molar-refractivity contribution in [3.63, 3.8) is 0 Å². The molecule has 0 aliphatic carbocycles. The van der Waals surface area contributed by atoms with Crippen LogP contribution in [0.25, 0.3) is 0 Å². The average molecular weight is 486 g/mol. The first kappa shape index (κ1) is 26.7. The van der Waals surface area contributed by atoms with Crippen LogP contribution >= 0.6 is 0 Å². The van der Waals surface area contributed by atoms with Crippen molar-refractivity contribution in [3.8, 4) is 0 Å². The van der Waals surface area contributed by atoms with Gasteiger partial charge in [0.1, 0.15) is 0 Å². The van der Waals surface area contributed by atoms with E-state index >= 15 is 0 Å². The molecule has 0 saturated heterocycles. The Balaban J connectivity index is 1.98. The Kier molecular flexibility index (Phi) is 8.92. The first-order valence-corrected chi connectivity index (χ1v) is 15.8. The summed E-state index contributed by atoms with van der Waals surface area (Å²) < 4.78 is 6.11. The van der Waals surface area contributed by atoms with Crippen molar-refractivity contribution in [2.75, 3.05) is 6.61 Å². The molecule has 0 saturated carbocycles. The molecule has 0 amide bonds. The van der Waals surface area contributed by atoms with Gasteiger partial charge in [-0.25, -0.2) is 4.98 Å². The summed E-state index contributed by atoms with van der Waals surface area (Å²) in [6, 6.07) is 18.7. The van der Waals surface area contributed by atoms with Crippen molar-refractivity contribution < 1.29 is 4.43 Å². The number of hydrogen-bond acceptors (Lipinski definition) is 4. The van der Waals surface area contributed by atoms with Gasteiger partial charge in [-0.15, -0.1) is 0 Å². The van der Waals surface area contributed by atoms with E-state index in [0.717, 1.165) is 53.6 Å². The van der Waals surface area contributed by atoms with Gasteiger partial charge in [-0.1, -0.05) is 42.5 Å². The van der Waals surface area contributed by atoms with Gasteiger partial charge in [0.05, 0.1) is 34.2 Å². The highest BCUT2D eigenvalue weighted by Crippen LogP contribution is 2.26. The number of rotatable bonds is 9. The third kappa shape index (κ3) is 7.54. The quantitative estimate of drug-likeness (QED) is 0.174. The topological polar surface area (TPSA) is 46.8 Å². The molecule has 184 valence electrons. The molecule has 0 radical (unpaired) electrons. The SMILES string of the molecule is CC(=Nc1c(C)cccc1C)c1cccc(C(CCCO[Si](C)(C)C)=Nc2c(C)cccc2C)n1. The van der Waals surface area contributed by atoms with Crippen LogP contribution in [0.4, 0.5) is 11.4 Å². The van der Waals surface area contributed by atoms with Crippen LogP contribution in [0.5, 0.6) is 0 Å². The summed E-state index contributed by atoms with van der Waals surface area (Å²) in [6.45, 7) is 17.9. The van der Waals surface area contributed by atoms with Crippen molar-refractivity contribution in [3.05, 3.63) is 88.2 Å². The van der Waals surface area contributed by atoms with Gasteiger partial charge in [0, 0.05) is 6.61 Å². The zero-order chi connectivity index (χ0) is 25.6. The van der Waals surface area contributed by atoms with E-state index in [1.807, 2.05) is 13.0 Å². The minimum Gasteiger partial charge on any atom is -0.418 e. The van der Waals surface area contributed by atoms with Crippen LogP contribution in [-0.2, 0) is 4.43 Å². The van der Waals surface area contributed by atoms with E-state index < -0.39 is 8.32 Å². The maximum Gasteiger partial charge on any atom is 0.183 e. The molecule has 5 heteroatoms. The van der Waals surface area contributed by atoms with Crippen LogP contribution in [-0.4, -0.2) is 31.3 Å². The fourth-order valence-electron chi connectivity index (χ4n) is 3.98. The first-order chi connectivity index (χ1) is 16.5. The highest BCUT2D eigenvalue weighted by Gasteiger charge is 2.15. The summed E-state index contributed by atoms with van der Waals surface area (Å²) in [6.07, 6.45) is 1.72. The zero-order valence-corrected chi connectivity index (χ0v) is 23.6. The minimum absolute atomic E-state index is 0.744. The van der Waals surface area contributed by atoms with Crippen LogP contribution < -0.4 is 0 Å². The van der Waals surface area contributed by atoms with Crippen LogP contribution in [0, 0.1) is 27.7 Å². The van der Waals surface area contributed by atoms with Crippen LogP contribution in [0.15, 0.2) is 64.6 Å². The van der Waals surface area contributed by atoms with Crippen LogP contribution in [0.3, 0.4) is 0 Å². The summed E-state index contributed by atoms with van der Waals surface area (Å²) in [5.41, 5.74) is 10.4. The molecule has 4 nitrogen and oxygen atoms in total. The number of aliphatic imine (C=N–C) groups is 2. The van der Waals surface area contributed by atoms with Gasteiger partial charge in [0.25, 0.3) is 0 Å². The smallest absolute Gasteiger partial charge is 0.183 e. The van der Waals surface area contributed by atoms with E-state index in [9.17, 15) is 0 Å². The summed E-state index contributed by atoms with van der Waals surface area (Å²) in [4.78, 5) is 15.1. The Morgan fingerprint density at radius 3 is 1.77 bits per heavy atom. The molecule has 35 heavy (non-hydrogen) atoms. The lowest BCUT2D eigenvalue weighted by Gasteiger charge is -2.17. The Morgan fingerprint density at radius 1 is 0.743 bits per heavy atom. The van der Waals surface area contributed by atoms with E-state index in [0.29, 0.717) is 0 Å². The van der Waals surface area contributed by atoms with Crippen molar-refractivity contribution in [1.82, 2.24) is 4.98 Å². The molecule has 0 aliphatic heterocycles. The minimum atomic E-state index is -1.54. The Hall–Kier alpha value is -2.89. The Labute approximate surface area is 212 Å². The molecule has 0 N–H and O–H groups in total. The monoisotopic (exact) mass is 485 g/mol. The number of hydrogen-bond donors (Lipinski definition) is 0. The molecule has 0 unspecified atom stereocenters. The molecule has 0 fully saturated rings. The first-order valence-electron chi connectivity index (χ1n) is 12.4. The molecular weight excluding hydrogens is 446 g/mol. The fourth-order valence-corrected chi connectivity index (χ4v) is 4.74. The second-order valence-electron chi connectivity index (χ2n) is 10.2. The second-order valence-corrected chi connectivity index (χ2v) is 14.7. The maximum atomic E-state index is 6.11. The van der Waals surface area contributed by atoms with Crippen molar-refractivity contribution in [2.24, 2.45) is 9.98 Å². The average Bonchev–Trinajstić information content (AvgIpc) is 2.79. The number of nitrogens with zero attached hydrogens (tertiary/aromatic N) is 3. The molecule has 2 aromatic carbocycles. The van der Waals surface area contributed by atoms with Gasteiger partial charge in [-0.2, -0.15) is 0 Å².